The highest BCUT2D eigenvalue weighted by molar-refractivity contribution is 14.0. The largest absolute Gasteiger partial charge is 0.367 e. The van der Waals surface area contributed by atoms with E-state index >= 15 is 0 Å². The Morgan fingerprint density at radius 2 is 2.09 bits per heavy atom. The Bertz CT molecular complexity index is 543. The molecule has 2 rings (SSSR count). The molecule has 0 aromatic carbocycles. The number of nitrogens with zero attached hydrogens (tertiary/aromatic N) is 2. The van der Waals surface area contributed by atoms with Crippen molar-refractivity contribution in [3.05, 3.63) is 34.5 Å². The minimum Gasteiger partial charge on any atom is -0.367 e. The fraction of sp³-hybridized carbons (Fsp3) is 0.467. The third-order valence-electron chi connectivity index (χ3n) is 3.17. The number of nitrogens with one attached hydrogen (secondary N) is 3. The third-order valence-corrected chi connectivity index (χ3v) is 3.67. The minimum absolute atomic E-state index is 0. The van der Waals surface area contributed by atoms with E-state index in [0.29, 0.717) is 35.0 Å². The molecule has 0 bridgehead atoms. The molecule has 0 aliphatic heterocycles. The molecule has 0 fully saturated rings. The Morgan fingerprint density at radius 1 is 1.35 bits per heavy atom. The summed E-state index contributed by atoms with van der Waals surface area (Å²) in [6, 6.07) is 2.11. The number of anilines is 1. The van der Waals surface area contributed by atoms with Crippen LogP contribution < -0.4 is 16.0 Å². The van der Waals surface area contributed by atoms with Crippen LogP contribution in [0.25, 0.3) is 0 Å². The Balaban J connectivity index is 0.00000264. The second-order valence-electron chi connectivity index (χ2n) is 4.96. The maximum Gasteiger partial charge on any atom is 0.191 e. The predicted molar refractivity (Wildman–Crippen MR) is 109 cm³/mol. The summed E-state index contributed by atoms with van der Waals surface area (Å²) in [6.45, 7) is 4.16. The van der Waals surface area contributed by atoms with Crippen molar-refractivity contribution in [1.29, 1.82) is 0 Å². The molecule has 3 N–H and O–H groups in total. The summed E-state index contributed by atoms with van der Waals surface area (Å²) in [7, 11) is 0. The molecule has 1 aliphatic rings. The van der Waals surface area contributed by atoms with Gasteiger partial charge in [-0.05, 0) is 25.8 Å². The van der Waals surface area contributed by atoms with Gasteiger partial charge in [-0.1, -0.05) is 35.4 Å². The van der Waals surface area contributed by atoms with Gasteiger partial charge in [0.1, 0.15) is 5.82 Å². The van der Waals surface area contributed by atoms with E-state index < -0.39 is 0 Å². The van der Waals surface area contributed by atoms with Crippen molar-refractivity contribution >= 4 is 59.0 Å². The van der Waals surface area contributed by atoms with Crippen molar-refractivity contribution in [1.82, 2.24) is 15.6 Å². The molecule has 0 unspecified atom stereocenters. The predicted octanol–water partition coefficient (Wildman–Crippen LogP) is 3.69. The maximum atomic E-state index is 6.06. The average molecular weight is 470 g/mol. The van der Waals surface area contributed by atoms with E-state index in [2.05, 4.69) is 45.0 Å². The molecule has 0 saturated carbocycles. The monoisotopic (exact) mass is 469 g/mol. The van der Waals surface area contributed by atoms with Crippen molar-refractivity contribution in [2.45, 2.75) is 25.8 Å². The highest BCUT2D eigenvalue weighted by Gasteiger charge is 2.11. The number of guanidine groups is 1. The molecular weight excluding hydrogens is 448 g/mol. The van der Waals surface area contributed by atoms with E-state index in [1.165, 1.54) is 0 Å². The molecule has 0 amide bonds. The van der Waals surface area contributed by atoms with Crippen molar-refractivity contribution in [2.75, 3.05) is 25.0 Å². The van der Waals surface area contributed by atoms with E-state index in [0.717, 1.165) is 25.3 Å². The van der Waals surface area contributed by atoms with Gasteiger partial charge in [-0.15, -0.1) is 24.0 Å². The second kappa shape index (κ2) is 10.9. The van der Waals surface area contributed by atoms with Gasteiger partial charge in [-0.3, -0.25) is 4.99 Å². The fourth-order valence-electron chi connectivity index (χ4n) is 2.14. The zero-order valence-corrected chi connectivity index (χ0v) is 16.8. The molecule has 8 heteroatoms. The van der Waals surface area contributed by atoms with Gasteiger partial charge in [0, 0.05) is 25.3 Å². The molecular formula is C15H22Cl2IN5. The first kappa shape index (κ1) is 20.3. The number of halogens is 3. The van der Waals surface area contributed by atoms with Crippen LogP contribution >= 0.6 is 47.2 Å². The van der Waals surface area contributed by atoms with Crippen molar-refractivity contribution in [3.8, 4) is 0 Å². The quantitative estimate of drug-likeness (QED) is 0.195. The molecule has 23 heavy (non-hydrogen) atoms. The Kier molecular flexibility index (Phi) is 9.66. The van der Waals surface area contributed by atoms with Gasteiger partial charge in [0.15, 0.2) is 5.96 Å². The lowest BCUT2D eigenvalue weighted by atomic mass is 10.2. The number of hydrogen-bond acceptors (Lipinski definition) is 3. The average Bonchev–Trinajstić information content (AvgIpc) is 2.98. The van der Waals surface area contributed by atoms with E-state index in [4.69, 9.17) is 23.2 Å². The highest BCUT2D eigenvalue weighted by Crippen LogP contribution is 2.22. The van der Waals surface area contributed by atoms with Crippen LogP contribution in [0.4, 0.5) is 5.82 Å². The second-order valence-corrected chi connectivity index (χ2v) is 5.80. The van der Waals surface area contributed by atoms with Crippen LogP contribution in [0.5, 0.6) is 0 Å². The summed E-state index contributed by atoms with van der Waals surface area (Å²) >= 11 is 11.9. The Labute approximate surface area is 164 Å². The van der Waals surface area contributed by atoms with Crippen molar-refractivity contribution < 1.29 is 0 Å². The van der Waals surface area contributed by atoms with Crippen LogP contribution in [0.15, 0.2) is 29.4 Å². The van der Waals surface area contributed by atoms with Crippen LogP contribution in [-0.2, 0) is 0 Å². The summed E-state index contributed by atoms with van der Waals surface area (Å²) < 4.78 is 0. The van der Waals surface area contributed by atoms with Crippen LogP contribution in [-0.4, -0.2) is 36.6 Å². The number of aromatic nitrogens is 1. The fourth-order valence-corrected chi connectivity index (χ4v) is 2.58. The number of pyridine rings is 1. The molecule has 1 aromatic rings. The van der Waals surface area contributed by atoms with Crippen LogP contribution in [0, 0.1) is 0 Å². The maximum absolute atomic E-state index is 6.06. The summed E-state index contributed by atoms with van der Waals surface area (Å²) in [5.74, 6) is 1.47. The molecule has 128 valence electrons. The first-order valence-electron chi connectivity index (χ1n) is 7.43. The standard InChI is InChI=1S/C15H21Cl2N5.HI/c1-2-18-15(22-12-5-3-4-6-12)20-8-7-19-14-13(17)9-11(16)10-21-14;/h3-4,9-10,12H,2,5-8H2,1H3,(H,19,21)(H2,18,20,22);1H. The van der Waals surface area contributed by atoms with E-state index in [9.17, 15) is 0 Å². The first-order valence-corrected chi connectivity index (χ1v) is 8.19. The lowest BCUT2D eigenvalue weighted by molar-refractivity contribution is 0.634. The molecule has 0 spiro atoms. The molecule has 5 nitrogen and oxygen atoms in total. The lowest BCUT2D eigenvalue weighted by Crippen LogP contribution is -2.42. The van der Waals surface area contributed by atoms with Crippen LogP contribution in [0.3, 0.4) is 0 Å². The molecule has 1 aliphatic carbocycles. The van der Waals surface area contributed by atoms with Gasteiger partial charge in [0.05, 0.1) is 16.6 Å². The topological polar surface area (TPSA) is 61.3 Å². The number of aliphatic imine (C=N–C) groups is 1. The third kappa shape index (κ3) is 7.14. The van der Waals surface area contributed by atoms with Gasteiger partial charge in [-0.25, -0.2) is 4.98 Å². The zero-order chi connectivity index (χ0) is 15.8. The lowest BCUT2D eigenvalue weighted by Gasteiger charge is -2.16. The van der Waals surface area contributed by atoms with Crippen molar-refractivity contribution in [2.24, 2.45) is 4.99 Å². The van der Waals surface area contributed by atoms with Gasteiger partial charge >= 0.3 is 0 Å². The summed E-state index contributed by atoms with van der Waals surface area (Å²) in [4.78, 5) is 8.70. The van der Waals surface area contributed by atoms with Crippen molar-refractivity contribution in [3.63, 3.8) is 0 Å². The van der Waals surface area contributed by atoms with Crippen LogP contribution in [0.2, 0.25) is 10.0 Å². The molecule has 0 radical (unpaired) electrons. The summed E-state index contributed by atoms with van der Waals surface area (Å²) in [5.41, 5.74) is 0. The van der Waals surface area contributed by atoms with E-state index in [1.54, 1.807) is 12.3 Å². The molecule has 1 aromatic heterocycles. The number of hydrogen-bond donors (Lipinski definition) is 3. The van der Waals surface area contributed by atoms with Gasteiger partial charge < -0.3 is 16.0 Å². The van der Waals surface area contributed by atoms with Gasteiger partial charge in [0.25, 0.3) is 0 Å². The number of rotatable bonds is 6. The summed E-state index contributed by atoms with van der Waals surface area (Å²) in [6.07, 6.45) is 8.05. The summed E-state index contributed by atoms with van der Waals surface area (Å²) in [5, 5.41) is 10.9. The molecule has 1 heterocycles. The SMILES string of the molecule is CCNC(=NCCNc1ncc(Cl)cc1Cl)NC1CC=CC1.I. The smallest absolute Gasteiger partial charge is 0.191 e. The van der Waals surface area contributed by atoms with Crippen LogP contribution in [0.1, 0.15) is 19.8 Å². The highest BCUT2D eigenvalue weighted by atomic mass is 127. The molecule has 0 atom stereocenters. The Hall–Kier alpha value is -0.730. The first-order chi connectivity index (χ1) is 10.7. The zero-order valence-electron chi connectivity index (χ0n) is 13.0. The molecule has 0 saturated heterocycles. The Morgan fingerprint density at radius 3 is 2.74 bits per heavy atom. The van der Waals surface area contributed by atoms with E-state index in [1.807, 2.05) is 0 Å². The van der Waals surface area contributed by atoms with Gasteiger partial charge in [0.2, 0.25) is 0 Å². The normalized spacial score (nSPS) is 14.5. The van der Waals surface area contributed by atoms with E-state index in [-0.39, 0.29) is 24.0 Å². The minimum atomic E-state index is 0. The van der Waals surface area contributed by atoms with Gasteiger partial charge in [-0.2, -0.15) is 0 Å².